The van der Waals surface area contributed by atoms with Gasteiger partial charge >= 0.3 is 5.97 Å². The van der Waals surface area contributed by atoms with Gasteiger partial charge in [0.05, 0.1) is 18.9 Å². The van der Waals surface area contributed by atoms with Crippen LogP contribution in [0.1, 0.15) is 18.9 Å². The standard InChI is InChI=1S/C17H20N2O4/c1-17(16(21)22)5-6-19(10-17)15(20)7-11-9-18-14-4-3-12(23-2)8-13(11)14/h3-4,8-9,18H,5-7,10H2,1-2H3,(H,21,22)/t17-/m0/s1. The lowest BCUT2D eigenvalue weighted by molar-refractivity contribution is -0.147. The van der Waals surface area contributed by atoms with Gasteiger partial charge in [-0.1, -0.05) is 0 Å². The summed E-state index contributed by atoms with van der Waals surface area (Å²) in [6, 6.07) is 5.68. The van der Waals surface area contributed by atoms with Gasteiger partial charge in [0.1, 0.15) is 5.75 Å². The summed E-state index contributed by atoms with van der Waals surface area (Å²) in [5.41, 5.74) is 1.01. The summed E-state index contributed by atoms with van der Waals surface area (Å²) < 4.78 is 5.23. The summed E-state index contributed by atoms with van der Waals surface area (Å²) in [6.45, 7) is 2.46. The number of hydrogen-bond acceptors (Lipinski definition) is 3. The average Bonchev–Trinajstić information content (AvgIpc) is 3.12. The Bertz CT molecular complexity index is 767. The number of fused-ring (bicyclic) bond motifs is 1. The highest BCUT2D eigenvalue weighted by atomic mass is 16.5. The summed E-state index contributed by atoms with van der Waals surface area (Å²) in [5, 5.41) is 10.2. The number of rotatable bonds is 4. The molecule has 122 valence electrons. The maximum Gasteiger partial charge on any atom is 0.311 e. The number of aromatic amines is 1. The van der Waals surface area contributed by atoms with Crippen LogP contribution in [0.15, 0.2) is 24.4 Å². The molecule has 0 saturated carbocycles. The fourth-order valence-electron chi connectivity index (χ4n) is 3.05. The molecule has 1 fully saturated rings. The number of carboxylic acid groups (broad SMARTS) is 1. The van der Waals surface area contributed by atoms with Crippen LogP contribution in [-0.4, -0.2) is 47.1 Å². The molecule has 1 saturated heterocycles. The molecule has 6 nitrogen and oxygen atoms in total. The number of H-pyrrole nitrogens is 1. The van der Waals surface area contributed by atoms with Crippen LogP contribution in [-0.2, 0) is 16.0 Å². The second-order valence-corrected chi connectivity index (χ2v) is 6.33. The number of carbonyl (C=O) groups excluding carboxylic acids is 1. The highest BCUT2D eigenvalue weighted by Crippen LogP contribution is 2.31. The third-order valence-electron chi connectivity index (χ3n) is 4.66. The molecule has 1 aromatic heterocycles. The number of methoxy groups -OCH3 is 1. The Kier molecular flexibility index (Phi) is 3.75. The number of aliphatic carboxylic acids is 1. The van der Waals surface area contributed by atoms with Gasteiger partial charge in [-0.2, -0.15) is 0 Å². The monoisotopic (exact) mass is 316 g/mol. The molecule has 0 unspecified atom stereocenters. The van der Waals surface area contributed by atoms with E-state index in [1.54, 1.807) is 18.9 Å². The smallest absolute Gasteiger partial charge is 0.311 e. The van der Waals surface area contributed by atoms with E-state index in [1.165, 1.54) is 0 Å². The van der Waals surface area contributed by atoms with Gasteiger partial charge in [-0.15, -0.1) is 0 Å². The van der Waals surface area contributed by atoms with Gasteiger partial charge in [-0.25, -0.2) is 0 Å². The van der Waals surface area contributed by atoms with E-state index in [0.717, 1.165) is 22.2 Å². The van der Waals surface area contributed by atoms with Crippen molar-refractivity contribution >= 4 is 22.8 Å². The maximum atomic E-state index is 12.5. The molecule has 2 N–H and O–H groups in total. The Balaban J connectivity index is 1.77. The number of carboxylic acids is 1. The van der Waals surface area contributed by atoms with Crippen LogP contribution in [0, 0.1) is 5.41 Å². The first-order valence-electron chi connectivity index (χ1n) is 7.58. The van der Waals surface area contributed by atoms with E-state index in [4.69, 9.17) is 4.74 Å². The van der Waals surface area contributed by atoms with Gasteiger partial charge in [-0.05, 0) is 37.1 Å². The Morgan fingerprint density at radius 1 is 1.43 bits per heavy atom. The Hall–Kier alpha value is -2.50. The van der Waals surface area contributed by atoms with Crippen LogP contribution in [0.3, 0.4) is 0 Å². The molecular formula is C17H20N2O4. The van der Waals surface area contributed by atoms with E-state index in [-0.39, 0.29) is 18.9 Å². The topological polar surface area (TPSA) is 82.6 Å². The number of nitrogens with one attached hydrogen (secondary N) is 1. The Morgan fingerprint density at radius 3 is 2.87 bits per heavy atom. The molecule has 1 atom stereocenters. The summed E-state index contributed by atoms with van der Waals surface area (Å²) in [4.78, 5) is 28.6. The van der Waals surface area contributed by atoms with Crippen molar-refractivity contribution in [2.75, 3.05) is 20.2 Å². The van der Waals surface area contributed by atoms with Crippen molar-refractivity contribution in [3.8, 4) is 5.75 Å². The molecule has 1 aliphatic rings. The van der Waals surface area contributed by atoms with Crippen molar-refractivity contribution in [2.24, 2.45) is 5.41 Å². The van der Waals surface area contributed by atoms with E-state index in [0.29, 0.717) is 13.0 Å². The fourth-order valence-corrected chi connectivity index (χ4v) is 3.05. The number of carbonyl (C=O) groups is 2. The zero-order valence-corrected chi connectivity index (χ0v) is 13.3. The van der Waals surface area contributed by atoms with Crippen LogP contribution in [0.4, 0.5) is 0 Å². The summed E-state index contributed by atoms with van der Waals surface area (Å²) >= 11 is 0. The second kappa shape index (κ2) is 5.61. The highest BCUT2D eigenvalue weighted by Gasteiger charge is 2.42. The van der Waals surface area contributed by atoms with Gasteiger partial charge in [-0.3, -0.25) is 9.59 Å². The van der Waals surface area contributed by atoms with Gasteiger partial charge < -0.3 is 19.7 Å². The summed E-state index contributed by atoms with van der Waals surface area (Å²) in [7, 11) is 1.61. The largest absolute Gasteiger partial charge is 0.497 e. The number of hydrogen-bond donors (Lipinski definition) is 2. The van der Waals surface area contributed by atoms with Crippen molar-refractivity contribution in [1.29, 1.82) is 0 Å². The van der Waals surface area contributed by atoms with Gasteiger partial charge in [0, 0.05) is 30.2 Å². The molecule has 3 rings (SSSR count). The number of likely N-dealkylation sites (tertiary alicyclic amines) is 1. The third kappa shape index (κ3) is 2.76. The molecular weight excluding hydrogens is 296 g/mol. The number of amides is 1. The first-order valence-corrected chi connectivity index (χ1v) is 7.58. The van der Waals surface area contributed by atoms with E-state index in [1.807, 2.05) is 24.4 Å². The molecule has 0 bridgehead atoms. The van der Waals surface area contributed by atoms with E-state index in [2.05, 4.69) is 4.98 Å². The van der Waals surface area contributed by atoms with E-state index >= 15 is 0 Å². The van der Waals surface area contributed by atoms with Crippen LogP contribution >= 0.6 is 0 Å². The van der Waals surface area contributed by atoms with E-state index < -0.39 is 11.4 Å². The number of nitrogens with zero attached hydrogens (tertiary/aromatic N) is 1. The van der Waals surface area contributed by atoms with E-state index in [9.17, 15) is 14.7 Å². The van der Waals surface area contributed by atoms with Gasteiger partial charge in [0.2, 0.25) is 5.91 Å². The lowest BCUT2D eigenvalue weighted by Gasteiger charge is -2.20. The maximum absolute atomic E-state index is 12.5. The number of benzene rings is 1. The van der Waals surface area contributed by atoms with Gasteiger partial charge in [0.15, 0.2) is 0 Å². The zero-order valence-electron chi connectivity index (χ0n) is 13.3. The van der Waals surface area contributed by atoms with Crippen molar-refractivity contribution in [1.82, 2.24) is 9.88 Å². The first kappa shape index (κ1) is 15.4. The highest BCUT2D eigenvalue weighted by molar-refractivity contribution is 5.90. The molecule has 0 radical (unpaired) electrons. The summed E-state index contributed by atoms with van der Waals surface area (Å²) in [6.07, 6.45) is 2.58. The third-order valence-corrected chi connectivity index (χ3v) is 4.66. The van der Waals surface area contributed by atoms with Crippen LogP contribution in [0.5, 0.6) is 5.75 Å². The van der Waals surface area contributed by atoms with Crippen molar-refractivity contribution < 1.29 is 19.4 Å². The minimum absolute atomic E-state index is 0.0429. The van der Waals surface area contributed by atoms with Crippen LogP contribution < -0.4 is 4.74 Å². The van der Waals surface area contributed by atoms with Crippen molar-refractivity contribution in [2.45, 2.75) is 19.8 Å². The molecule has 2 aromatic rings. The lowest BCUT2D eigenvalue weighted by atomic mass is 9.90. The minimum Gasteiger partial charge on any atom is -0.497 e. The molecule has 0 spiro atoms. The Morgan fingerprint density at radius 2 is 2.22 bits per heavy atom. The molecule has 1 aliphatic heterocycles. The number of ether oxygens (including phenoxy) is 1. The molecule has 0 aliphatic carbocycles. The molecule has 1 amide bonds. The second-order valence-electron chi connectivity index (χ2n) is 6.33. The predicted octanol–water partition coefficient (Wildman–Crippen LogP) is 2.04. The average molecular weight is 316 g/mol. The predicted molar refractivity (Wildman–Crippen MR) is 85.5 cm³/mol. The van der Waals surface area contributed by atoms with Gasteiger partial charge in [0.25, 0.3) is 0 Å². The minimum atomic E-state index is -0.843. The molecule has 23 heavy (non-hydrogen) atoms. The summed E-state index contributed by atoms with van der Waals surface area (Å²) in [5.74, 6) is -0.145. The van der Waals surface area contributed by atoms with Crippen LogP contribution in [0.2, 0.25) is 0 Å². The SMILES string of the molecule is COc1ccc2[nH]cc(CC(=O)N3CC[C@](C)(C(=O)O)C3)c2c1. The first-order chi connectivity index (χ1) is 10.9. The van der Waals surface area contributed by atoms with Crippen molar-refractivity contribution in [3.05, 3.63) is 30.0 Å². The number of aromatic nitrogens is 1. The normalized spacial score (nSPS) is 20.9. The molecule has 1 aromatic carbocycles. The Labute approximate surface area is 134 Å². The zero-order chi connectivity index (χ0) is 16.6. The molecule has 6 heteroatoms. The lowest BCUT2D eigenvalue weighted by Crippen LogP contribution is -2.35. The van der Waals surface area contributed by atoms with Crippen LogP contribution in [0.25, 0.3) is 10.9 Å². The fraction of sp³-hybridized carbons (Fsp3) is 0.412. The van der Waals surface area contributed by atoms with Crippen molar-refractivity contribution in [3.63, 3.8) is 0 Å². The molecule has 2 heterocycles. The quantitative estimate of drug-likeness (QED) is 0.904.